The zero-order valence-corrected chi connectivity index (χ0v) is 11.7. The van der Waals surface area contributed by atoms with Crippen molar-refractivity contribution in [2.75, 3.05) is 33.3 Å². The highest BCUT2D eigenvalue weighted by molar-refractivity contribution is 5.26. The summed E-state index contributed by atoms with van der Waals surface area (Å²) in [7, 11) is 1.90. The summed E-state index contributed by atoms with van der Waals surface area (Å²) in [4.78, 5) is 3.95. The van der Waals surface area contributed by atoms with Gasteiger partial charge in [-0.25, -0.2) is 4.39 Å². The van der Waals surface area contributed by atoms with Crippen molar-refractivity contribution >= 4 is 0 Å². The zero-order valence-electron chi connectivity index (χ0n) is 11.7. The Morgan fingerprint density at radius 2 is 2.00 bits per heavy atom. The lowest BCUT2D eigenvalue weighted by molar-refractivity contribution is -0.137. The van der Waals surface area contributed by atoms with E-state index in [-0.39, 0.29) is 24.8 Å². The molecular weight excluding hydrogens is 288 g/mol. The first kappa shape index (κ1) is 16.2. The van der Waals surface area contributed by atoms with E-state index in [1.54, 1.807) is 0 Å². The number of alkyl halides is 3. The van der Waals surface area contributed by atoms with Crippen LogP contribution < -0.4 is 0 Å². The standard InChI is InChI=1S/C14H18F4N2O/c1-19-4-5-20(8-12(19)9-21)7-10-2-3-11(6-13(10)15)14(16,17)18/h2-3,6,12,21H,4-5,7-9H2,1H3. The Kier molecular flexibility index (Phi) is 4.85. The summed E-state index contributed by atoms with van der Waals surface area (Å²) in [5.74, 6) is -0.843. The van der Waals surface area contributed by atoms with E-state index in [1.807, 2.05) is 16.8 Å². The molecular formula is C14H18F4N2O. The van der Waals surface area contributed by atoms with E-state index >= 15 is 0 Å². The third kappa shape index (κ3) is 3.93. The van der Waals surface area contributed by atoms with Gasteiger partial charge in [0.05, 0.1) is 12.2 Å². The number of hydrogen-bond donors (Lipinski definition) is 1. The molecule has 1 unspecified atom stereocenters. The lowest BCUT2D eigenvalue weighted by atomic mass is 10.1. The second kappa shape index (κ2) is 6.29. The number of aliphatic hydroxyl groups excluding tert-OH is 1. The molecule has 1 aromatic rings. The van der Waals surface area contributed by atoms with E-state index in [1.165, 1.54) is 6.07 Å². The fourth-order valence-corrected chi connectivity index (χ4v) is 2.44. The lowest BCUT2D eigenvalue weighted by Gasteiger charge is -2.38. The van der Waals surface area contributed by atoms with Crippen LogP contribution in [0.15, 0.2) is 18.2 Å². The van der Waals surface area contributed by atoms with Gasteiger partial charge in [-0.2, -0.15) is 13.2 Å². The average molecular weight is 306 g/mol. The van der Waals surface area contributed by atoms with Crippen LogP contribution in [0.25, 0.3) is 0 Å². The first-order valence-electron chi connectivity index (χ1n) is 6.70. The predicted molar refractivity (Wildman–Crippen MR) is 70.2 cm³/mol. The Morgan fingerprint density at radius 3 is 2.57 bits per heavy atom. The molecule has 1 aromatic carbocycles. The smallest absolute Gasteiger partial charge is 0.395 e. The predicted octanol–water partition coefficient (Wildman–Crippen LogP) is 1.95. The molecule has 0 spiro atoms. The lowest BCUT2D eigenvalue weighted by Crippen LogP contribution is -2.52. The minimum Gasteiger partial charge on any atom is -0.395 e. The van der Waals surface area contributed by atoms with E-state index in [2.05, 4.69) is 0 Å². The Hall–Kier alpha value is -1.18. The summed E-state index contributed by atoms with van der Waals surface area (Å²) in [6.07, 6.45) is -4.53. The third-order valence-corrected chi connectivity index (χ3v) is 3.85. The molecule has 1 aliphatic rings. The van der Waals surface area contributed by atoms with Gasteiger partial charge < -0.3 is 5.11 Å². The Morgan fingerprint density at radius 1 is 1.29 bits per heavy atom. The molecule has 7 heteroatoms. The normalized spacial score (nSPS) is 21.7. The van der Waals surface area contributed by atoms with Crippen molar-refractivity contribution in [3.05, 3.63) is 35.1 Å². The molecule has 1 fully saturated rings. The summed E-state index contributed by atoms with van der Waals surface area (Å²) in [6, 6.07) is 2.59. The summed E-state index contributed by atoms with van der Waals surface area (Å²) < 4.78 is 51.3. The van der Waals surface area contributed by atoms with E-state index < -0.39 is 17.6 Å². The zero-order chi connectivity index (χ0) is 15.6. The summed E-state index contributed by atoms with van der Waals surface area (Å²) in [6.45, 7) is 2.23. The molecule has 1 N–H and O–H groups in total. The molecule has 0 aromatic heterocycles. The SMILES string of the molecule is CN1CCN(Cc2ccc(C(F)(F)F)cc2F)CC1CO. The molecule has 0 amide bonds. The van der Waals surface area contributed by atoms with Crippen molar-refractivity contribution in [2.45, 2.75) is 18.8 Å². The van der Waals surface area contributed by atoms with Gasteiger partial charge in [0.1, 0.15) is 5.82 Å². The van der Waals surface area contributed by atoms with Crippen LogP contribution in [-0.4, -0.2) is 54.2 Å². The minimum absolute atomic E-state index is 0.00247. The first-order chi connectivity index (χ1) is 9.81. The molecule has 1 aliphatic heterocycles. The van der Waals surface area contributed by atoms with Gasteiger partial charge in [0.15, 0.2) is 0 Å². The fraction of sp³-hybridized carbons (Fsp3) is 0.571. The Bertz CT molecular complexity index is 492. The summed E-state index contributed by atoms with van der Waals surface area (Å²) in [5, 5.41) is 9.26. The maximum Gasteiger partial charge on any atom is 0.416 e. The maximum atomic E-state index is 13.8. The highest BCUT2D eigenvalue weighted by Crippen LogP contribution is 2.30. The Balaban J connectivity index is 2.07. The van der Waals surface area contributed by atoms with Gasteiger partial charge in [0.25, 0.3) is 0 Å². The number of rotatable bonds is 3. The monoisotopic (exact) mass is 306 g/mol. The number of likely N-dealkylation sites (N-methyl/N-ethyl adjacent to an activating group) is 1. The van der Waals surface area contributed by atoms with Crippen LogP contribution in [0.1, 0.15) is 11.1 Å². The van der Waals surface area contributed by atoms with Crippen molar-refractivity contribution < 1.29 is 22.7 Å². The van der Waals surface area contributed by atoms with Gasteiger partial charge in [-0.15, -0.1) is 0 Å². The molecule has 0 radical (unpaired) electrons. The summed E-state index contributed by atoms with van der Waals surface area (Å²) >= 11 is 0. The van der Waals surface area contributed by atoms with Crippen LogP contribution in [0, 0.1) is 5.82 Å². The number of hydrogen-bond acceptors (Lipinski definition) is 3. The molecule has 3 nitrogen and oxygen atoms in total. The first-order valence-corrected chi connectivity index (χ1v) is 6.70. The van der Waals surface area contributed by atoms with E-state index in [9.17, 15) is 22.7 Å². The Labute approximate surface area is 120 Å². The van der Waals surface area contributed by atoms with E-state index in [0.29, 0.717) is 19.2 Å². The van der Waals surface area contributed by atoms with Crippen LogP contribution in [-0.2, 0) is 12.7 Å². The maximum absolute atomic E-state index is 13.8. The second-order valence-corrected chi connectivity index (χ2v) is 5.36. The minimum atomic E-state index is -4.53. The van der Waals surface area contributed by atoms with Crippen molar-refractivity contribution in [3.8, 4) is 0 Å². The number of aliphatic hydroxyl groups is 1. The highest BCUT2D eigenvalue weighted by Gasteiger charge is 2.31. The van der Waals surface area contributed by atoms with Crippen molar-refractivity contribution in [2.24, 2.45) is 0 Å². The van der Waals surface area contributed by atoms with Crippen LogP contribution in [0.2, 0.25) is 0 Å². The second-order valence-electron chi connectivity index (χ2n) is 5.36. The van der Waals surface area contributed by atoms with Gasteiger partial charge in [-0.1, -0.05) is 6.07 Å². The molecule has 0 bridgehead atoms. The van der Waals surface area contributed by atoms with Crippen LogP contribution in [0.5, 0.6) is 0 Å². The number of piperazine rings is 1. The van der Waals surface area contributed by atoms with Crippen LogP contribution >= 0.6 is 0 Å². The topological polar surface area (TPSA) is 26.7 Å². The van der Waals surface area contributed by atoms with Crippen molar-refractivity contribution in [3.63, 3.8) is 0 Å². The van der Waals surface area contributed by atoms with Gasteiger partial charge >= 0.3 is 6.18 Å². The third-order valence-electron chi connectivity index (χ3n) is 3.85. The molecule has 118 valence electrons. The van der Waals surface area contributed by atoms with Crippen molar-refractivity contribution in [1.29, 1.82) is 0 Å². The van der Waals surface area contributed by atoms with Gasteiger partial charge in [-0.3, -0.25) is 9.80 Å². The molecule has 2 rings (SSSR count). The van der Waals surface area contributed by atoms with Gasteiger partial charge in [0.2, 0.25) is 0 Å². The van der Waals surface area contributed by atoms with Gasteiger partial charge in [0, 0.05) is 37.8 Å². The van der Waals surface area contributed by atoms with E-state index in [4.69, 9.17) is 0 Å². The van der Waals surface area contributed by atoms with Gasteiger partial charge in [-0.05, 0) is 19.2 Å². The molecule has 1 atom stereocenters. The van der Waals surface area contributed by atoms with Crippen LogP contribution in [0.3, 0.4) is 0 Å². The largest absolute Gasteiger partial charge is 0.416 e. The number of nitrogens with zero attached hydrogens (tertiary/aromatic N) is 2. The number of benzene rings is 1. The molecule has 0 saturated carbocycles. The molecule has 0 aliphatic carbocycles. The molecule has 1 saturated heterocycles. The quantitative estimate of drug-likeness (QED) is 0.865. The number of halogens is 4. The molecule has 21 heavy (non-hydrogen) atoms. The van der Waals surface area contributed by atoms with Crippen LogP contribution in [0.4, 0.5) is 17.6 Å². The fourth-order valence-electron chi connectivity index (χ4n) is 2.44. The molecule has 1 heterocycles. The summed E-state index contributed by atoms with van der Waals surface area (Å²) in [5.41, 5.74) is -0.736. The van der Waals surface area contributed by atoms with E-state index in [0.717, 1.165) is 12.6 Å². The average Bonchev–Trinajstić information content (AvgIpc) is 2.42. The highest BCUT2D eigenvalue weighted by atomic mass is 19.4. The van der Waals surface area contributed by atoms with Crippen molar-refractivity contribution in [1.82, 2.24) is 9.80 Å².